The van der Waals surface area contributed by atoms with Crippen LogP contribution < -0.4 is 9.64 Å². The molecule has 0 bridgehead atoms. The zero-order valence-corrected chi connectivity index (χ0v) is 13.8. The van der Waals surface area contributed by atoms with E-state index in [1.807, 2.05) is 30.3 Å². The quantitative estimate of drug-likeness (QED) is 0.903. The number of nitrogens with zero attached hydrogens (tertiary/aromatic N) is 2. The van der Waals surface area contributed by atoms with Crippen molar-refractivity contribution in [1.29, 1.82) is 0 Å². The molecule has 2 aromatic carbocycles. The molecule has 2 aromatic rings. The maximum Gasteiger partial charge on any atom is 0.335 e. The SMILES string of the molecule is O=C(O)c1ccc(N2CCN(C(=O)COc3ccccc3)CC2)cc1. The van der Waals surface area contributed by atoms with Crippen LogP contribution >= 0.6 is 0 Å². The Hall–Kier alpha value is -3.02. The number of aromatic carboxylic acids is 1. The summed E-state index contributed by atoms with van der Waals surface area (Å²) in [6, 6.07) is 16.1. The number of piperazine rings is 1. The van der Waals surface area contributed by atoms with Gasteiger partial charge in [-0.3, -0.25) is 4.79 Å². The van der Waals surface area contributed by atoms with Gasteiger partial charge in [-0.25, -0.2) is 4.79 Å². The van der Waals surface area contributed by atoms with Gasteiger partial charge in [-0.15, -0.1) is 0 Å². The second kappa shape index (κ2) is 7.70. The molecule has 3 rings (SSSR count). The van der Waals surface area contributed by atoms with E-state index in [1.54, 1.807) is 29.2 Å². The fourth-order valence-corrected chi connectivity index (χ4v) is 2.78. The number of carbonyl (C=O) groups is 2. The fraction of sp³-hybridized carbons (Fsp3) is 0.263. The summed E-state index contributed by atoms with van der Waals surface area (Å²) in [4.78, 5) is 27.1. The van der Waals surface area contributed by atoms with Crippen molar-refractivity contribution < 1.29 is 19.4 Å². The van der Waals surface area contributed by atoms with E-state index in [0.717, 1.165) is 5.69 Å². The molecule has 0 atom stereocenters. The van der Waals surface area contributed by atoms with E-state index in [0.29, 0.717) is 31.9 Å². The lowest BCUT2D eigenvalue weighted by atomic mass is 10.2. The Labute approximate surface area is 146 Å². The van der Waals surface area contributed by atoms with Crippen LogP contribution in [0.15, 0.2) is 54.6 Å². The number of benzene rings is 2. The van der Waals surface area contributed by atoms with Crippen molar-refractivity contribution in [3.63, 3.8) is 0 Å². The second-order valence-electron chi connectivity index (χ2n) is 5.82. The van der Waals surface area contributed by atoms with Crippen molar-refractivity contribution in [1.82, 2.24) is 4.90 Å². The summed E-state index contributed by atoms with van der Waals surface area (Å²) in [5.41, 5.74) is 1.24. The third kappa shape index (κ3) is 4.29. The zero-order valence-electron chi connectivity index (χ0n) is 13.8. The highest BCUT2D eigenvalue weighted by Gasteiger charge is 2.21. The topological polar surface area (TPSA) is 70.1 Å². The lowest BCUT2D eigenvalue weighted by Crippen LogP contribution is -2.50. The van der Waals surface area contributed by atoms with E-state index in [1.165, 1.54) is 0 Å². The minimum absolute atomic E-state index is 0.0234. The molecule has 1 aliphatic heterocycles. The predicted molar refractivity (Wildman–Crippen MR) is 94.1 cm³/mol. The van der Waals surface area contributed by atoms with E-state index in [9.17, 15) is 9.59 Å². The van der Waals surface area contributed by atoms with Gasteiger partial charge in [0.1, 0.15) is 5.75 Å². The van der Waals surface area contributed by atoms with Crippen LogP contribution in [0.3, 0.4) is 0 Å². The first kappa shape index (κ1) is 16.8. The fourth-order valence-electron chi connectivity index (χ4n) is 2.78. The number of hydrogen-bond acceptors (Lipinski definition) is 4. The maximum absolute atomic E-state index is 12.3. The smallest absolute Gasteiger partial charge is 0.335 e. The molecule has 25 heavy (non-hydrogen) atoms. The molecule has 0 aromatic heterocycles. The minimum atomic E-state index is -0.930. The van der Waals surface area contributed by atoms with Gasteiger partial charge in [-0.2, -0.15) is 0 Å². The largest absolute Gasteiger partial charge is 0.484 e. The van der Waals surface area contributed by atoms with Crippen molar-refractivity contribution >= 4 is 17.6 Å². The number of para-hydroxylation sites is 1. The van der Waals surface area contributed by atoms with Crippen molar-refractivity contribution in [2.24, 2.45) is 0 Å². The Morgan fingerprint density at radius 3 is 2.16 bits per heavy atom. The molecule has 1 saturated heterocycles. The summed E-state index contributed by atoms with van der Waals surface area (Å²) in [5.74, 6) is -0.266. The zero-order chi connectivity index (χ0) is 17.6. The molecule has 6 nitrogen and oxygen atoms in total. The number of ether oxygens (including phenoxy) is 1. The number of carbonyl (C=O) groups excluding carboxylic acids is 1. The molecule has 1 amide bonds. The number of anilines is 1. The Morgan fingerprint density at radius 1 is 0.920 bits per heavy atom. The Kier molecular flexibility index (Phi) is 5.18. The number of carboxylic acids is 1. The van der Waals surface area contributed by atoms with Crippen LogP contribution in [-0.4, -0.2) is 54.7 Å². The summed E-state index contributed by atoms with van der Waals surface area (Å²) in [6.07, 6.45) is 0. The van der Waals surface area contributed by atoms with Crippen molar-refractivity contribution in [3.8, 4) is 5.75 Å². The van der Waals surface area contributed by atoms with Gasteiger partial charge in [-0.1, -0.05) is 18.2 Å². The Bertz CT molecular complexity index is 723. The average molecular weight is 340 g/mol. The van der Waals surface area contributed by atoms with E-state index in [4.69, 9.17) is 9.84 Å². The van der Waals surface area contributed by atoms with E-state index in [2.05, 4.69) is 4.90 Å². The molecule has 0 aliphatic carbocycles. The van der Waals surface area contributed by atoms with E-state index < -0.39 is 5.97 Å². The minimum Gasteiger partial charge on any atom is -0.484 e. The molecule has 130 valence electrons. The van der Waals surface area contributed by atoms with E-state index in [-0.39, 0.29) is 18.1 Å². The van der Waals surface area contributed by atoms with Crippen LogP contribution in [0.25, 0.3) is 0 Å². The molecule has 0 radical (unpaired) electrons. The van der Waals surface area contributed by atoms with Crippen molar-refractivity contribution in [3.05, 3.63) is 60.2 Å². The molecule has 0 saturated carbocycles. The molecule has 0 unspecified atom stereocenters. The average Bonchev–Trinajstić information content (AvgIpc) is 2.67. The summed E-state index contributed by atoms with van der Waals surface area (Å²) < 4.78 is 5.51. The monoisotopic (exact) mass is 340 g/mol. The molecular weight excluding hydrogens is 320 g/mol. The normalized spacial score (nSPS) is 14.2. The molecule has 1 fully saturated rings. The van der Waals surface area contributed by atoms with Crippen molar-refractivity contribution in [2.75, 3.05) is 37.7 Å². The van der Waals surface area contributed by atoms with Crippen LogP contribution in [0.1, 0.15) is 10.4 Å². The highest BCUT2D eigenvalue weighted by atomic mass is 16.5. The third-order valence-corrected chi connectivity index (χ3v) is 4.22. The van der Waals surface area contributed by atoms with Crippen LogP contribution in [-0.2, 0) is 4.79 Å². The van der Waals surface area contributed by atoms with Gasteiger partial charge in [0.25, 0.3) is 5.91 Å². The highest BCUT2D eigenvalue weighted by molar-refractivity contribution is 5.88. The van der Waals surface area contributed by atoms with E-state index >= 15 is 0 Å². The standard InChI is InChI=1S/C19H20N2O4/c22-18(14-25-17-4-2-1-3-5-17)21-12-10-20(11-13-21)16-8-6-15(7-9-16)19(23)24/h1-9H,10-14H2,(H,23,24). The molecular formula is C19H20N2O4. The van der Waals surface area contributed by atoms with Crippen LogP contribution in [0.2, 0.25) is 0 Å². The third-order valence-electron chi connectivity index (χ3n) is 4.22. The maximum atomic E-state index is 12.3. The molecule has 6 heteroatoms. The van der Waals surface area contributed by atoms with Crippen LogP contribution in [0.4, 0.5) is 5.69 Å². The number of amides is 1. The Morgan fingerprint density at radius 2 is 1.56 bits per heavy atom. The number of rotatable bonds is 5. The Balaban J connectivity index is 1.49. The first-order valence-electron chi connectivity index (χ1n) is 8.17. The van der Waals surface area contributed by atoms with Crippen molar-refractivity contribution in [2.45, 2.75) is 0 Å². The second-order valence-corrected chi connectivity index (χ2v) is 5.82. The number of hydrogen-bond donors (Lipinski definition) is 1. The van der Waals surface area contributed by atoms with Gasteiger partial charge < -0.3 is 19.6 Å². The first-order chi connectivity index (χ1) is 12.1. The highest BCUT2D eigenvalue weighted by Crippen LogP contribution is 2.18. The summed E-state index contributed by atoms with van der Waals surface area (Å²) in [5, 5.41) is 8.95. The van der Waals surface area contributed by atoms with Gasteiger partial charge in [0.15, 0.2) is 6.61 Å². The van der Waals surface area contributed by atoms with Crippen LogP contribution in [0, 0.1) is 0 Å². The molecule has 0 spiro atoms. The molecule has 1 aliphatic rings. The summed E-state index contributed by atoms with van der Waals surface area (Å²) in [7, 11) is 0. The van der Waals surface area contributed by atoms with Gasteiger partial charge in [0.05, 0.1) is 5.56 Å². The van der Waals surface area contributed by atoms with Gasteiger partial charge in [-0.05, 0) is 36.4 Å². The van der Waals surface area contributed by atoms with Gasteiger partial charge in [0.2, 0.25) is 0 Å². The number of carboxylic acid groups (broad SMARTS) is 1. The predicted octanol–water partition coefficient (Wildman–Crippen LogP) is 2.11. The lowest BCUT2D eigenvalue weighted by Gasteiger charge is -2.36. The van der Waals surface area contributed by atoms with Gasteiger partial charge in [0, 0.05) is 31.9 Å². The summed E-state index contributed by atoms with van der Waals surface area (Å²) in [6.45, 7) is 2.71. The van der Waals surface area contributed by atoms with Gasteiger partial charge >= 0.3 is 5.97 Å². The first-order valence-corrected chi connectivity index (χ1v) is 8.17. The molecule has 1 heterocycles. The van der Waals surface area contributed by atoms with Crippen LogP contribution in [0.5, 0.6) is 5.75 Å². The summed E-state index contributed by atoms with van der Waals surface area (Å²) >= 11 is 0. The lowest BCUT2D eigenvalue weighted by molar-refractivity contribution is -0.133. The molecule has 1 N–H and O–H groups in total.